The minimum absolute atomic E-state index is 0.0316. The standard InChI is InChI=1S/C23H23NO5/c25-23(24-13-15-5-7-21-22(11-15)27-10-9-26-21)14-28-16-6-8-20-18(12-16)17-3-1-2-4-19(17)29-20/h5-8,11-12H,1-4,9-10,13-14H2,(H,24,25). The van der Waals surface area contributed by atoms with E-state index in [2.05, 4.69) is 5.32 Å². The van der Waals surface area contributed by atoms with Crippen molar-refractivity contribution >= 4 is 16.9 Å². The number of hydrogen-bond donors (Lipinski definition) is 1. The van der Waals surface area contributed by atoms with E-state index >= 15 is 0 Å². The van der Waals surface area contributed by atoms with Crippen molar-refractivity contribution in [2.75, 3.05) is 19.8 Å². The predicted octanol–water partition coefficient (Wildman–Crippen LogP) is 3.78. The summed E-state index contributed by atoms with van der Waals surface area (Å²) in [5.41, 5.74) is 3.14. The van der Waals surface area contributed by atoms with Gasteiger partial charge in [-0.2, -0.15) is 0 Å². The summed E-state index contributed by atoms with van der Waals surface area (Å²) in [5.74, 6) is 3.07. The lowest BCUT2D eigenvalue weighted by molar-refractivity contribution is -0.123. The van der Waals surface area contributed by atoms with Gasteiger partial charge in [-0.15, -0.1) is 0 Å². The first-order valence-corrected chi connectivity index (χ1v) is 10.1. The Morgan fingerprint density at radius 3 is 2.79 bits per heavy atom. The zero-order valence-corrected chi connectivity index (χ0v) is 16.2. The van der Waals surface area contributed by atoms with Crippen LogP contribution < -0.4 is 19.5 Å². The second kappa shape index (κ2) is 7.70. The van der Waals surface area contributed by atoms with E-state index in [4.69, 9.17) is 18.6 Å². The lowest BCUT2D eigenvalue weighted by Crippen LogP contribution is -2.28. The number of ether oxygens (including phenoxy) is 3. The molecule has 2 heterocycles. The maximum Gasteiger partial charge on any atom is 0.258 e. The molecule has 0 fully saturated rings. The zero-order chi connectivity index (χ0) is 19.6. The largest absolute Gasteiger partial charge is 0.486 e. The van der Waals surface area contributed by atoms with Gasteiger partial charge in [0.1, 0.15) is 30.3 Å². The third kappa shape index (κ3) is 3.75. The van der Waals surface area contributed by atoms with E-state index in [-0.39, 0.29) is 12.5 Å². The number of hydrogen-bond acceptors (Lipinski definition) is 5. The first-order valence-electron chi connectivity index (χ1n) is 10.1. The molecule has 1 amide bonds. The SMILES string of the molecule is O=C(COc1ccc2oc3c(c2c1)CCCC3)NCc1ccc2c(c1)OCCO2. The van der Waals surface area contributed by atoms with E-state index in [0.717, 1.165) is 46.6 Å². The van der Waals surface area contributed by atoms with Crippen molar-refractivity contribution in [2.24, 2.45) is 0 Å². The average Bonchev–Trinajstić information content (AvgIpc) is 3.14. The molecule has 29 heavy (non-hydrogen) atoms. The first kappa shape index (κ1) is 17.9. The Morgan fingerprint density at radius 1 is 1.00 bits per heavy atom. The summed E-state index contributed by atoms with van der Waals surface area (Å²) < 4.78 is 22.7. The van der Waals surface area contributed by atoms with Crippen molar-refractivity contribution in [2.45, 2.75) is 32.2 Å². The van der Waals surface area contributed by atoms with Crippen molar-refractivity contribution in [3.63, 3.8) is 0 Å². The molecule has 0 atom stereocenters. The molecule has 2 aliphatic rings. The summed E-state index contributed by atoms with van der Waals surface area (Å²) in [4.78, 5) is 12.2. The van der Waals surface area contributed by atoms with Crippen LogP contribution >= 0.6 is 0 Å². The highest BCUT2D eigenvalue weighted by Crippen LogP contribution is 2.34. The van der Waals surface area contributed by atoms with Crippen LogP contribution in [0.4, 0.5) is 0 Å². The van der Waals surface area contributed by atoms with Crippen molar-refractivity contribution in [3.05, 3.63) is 53.3 Å². The van der Waals surface area contributed by atoms with Gasteiger partial charge in [0.25, 0.3) is 5.91 Å². The predicted molar refractivity (Wildman–Crippen MR) is 108 cm³/mol. The monoisotopic (exact) mass is 393 g/mol. The maximum atomic E-state index is 12.2. The van der Waals surface area contributed by atoms with E-state index in [0.29, 0.717) is 25.5 Å². The summed E-state index contributed by atoms with van der Waals surface area (Å²) in [6.07, 6.45) is 4.42. The van der Waals surface area contributed by atoms with Gasteiger partial charge in [-0.1, -0.05) is 6.07 Å². The molecular weight excluding hydrogens is 370 g/mol. The van der Waals surface area contributed by atoms with Gasteiger partial charge in [-0.25, -0.2) is 0 Å². The molecule has 0 saturated heterocycles. The second-order valence-corrected chi connectivity index (χ2v) is 7.41. The maximum absolute atomic E-state index is 12.2. The van der Waals surface area contributed by atoms with E-state index in [9.17, 15) is 4.79 Å². The molecule has 1 aromatic heterocycles. The fourth-order valence-corrected chi connectivity index (χ4v) is 3.93. The quantitative estimate of drug-likeness (QED) is 0.714. The van der Waals surface area contributed by atoms with Gasteiger partial charge < -0.3 is 23.9 Å². The van der Waals surface area contributed by atoms with Crippen molar-refractivity contribution in [1.82, 2.24) is 5.32 Å². The third-order valence-corrected chi connectivity index (χ3v) is 5.39. The topological polar surface area (TPSA) is 69.9 Å². The summed E-state index contributed by atoms with van der Waals surface area (Å²) in [7, 11) is 0. The van der Waals surface area contributed by atoms with E-state index in [1.165, 1.54) is 18.4 Å². The van der Waals surface area contributed by atoms with Crippen LogP contribution in [0.5, 0.6) is 17.2 Å². The Balaban J connectivity index is 1.18. The highest BCUT2D eigenvalue weighted by atomic mass is 16.6. The zero-order valence-electron chi connectivity index (χ0n) is 16.2. The molecule has 0 saturated carbocycles. The smallest absolute Gasteiger partial charge is 0.258 e. The van der Waals surface area contributed by atoms with Crippen molar-refractivity contribution in [3.8, 4) is 17.2 Å². The minimum Gasteiger partial charge on any atom is -0.486 e. The summed E-state index contributed by atoms with van der Waals surface area (Å²) in [6, 6.07) is 11.4. The number of rotatable bonds is 5. The van der Waals surface area contributed by atoms with Gasteiger partial charge in [0, 0.05) is 23.9 Å². The number of nitrogens with one attached hydrogen (secondary N) is 1. The summed E-state index contributed by atoms with van der Waals surface area (Å²) in [5, 5.41) is 3.98. The molecule has 5 rings (SSSR count). The first-order chi connectivity index (χ1) is 14.3. The van der Waals surface area contributed by atoms with Crippen LogP contribution in [-0.4, -0.2) is 25.7 Å². The number of carbonyl (C=O) groups excluding carboxylic acids is 1. The molecule has 0 bridgehead atoms. The fourth-order valence-electron chi connectivity index (χ4n) is 3.93. The molecule has 6 heteroatoms. The minimum atomic E-state index is -0.172. The summed E-state index contributed by atoms with van der Waals surface area (Å²) >= 11 is 0. The second-order valence-electron chi connectivity index (χ2n) is 7.41. The molecule has 3 aromatic rings. The number of carbonyl (C=O) groups is 1. The normalized spacial score (nSPS) is 15.0. The van der Waals surface area contributed by atoms with Gasteiger partial charge in [-0.05, 0) is 55.2 Å². The van der Waals surface area contributed by atoms with Crippen LogP contribution in [0.2, 0.25) is 0 Å². The van der Waals surface area contributed by atoms with Gasteiger partial charge in [0.15, 0.2) is 18.1 Å². The molecule has 0 radical (unpaired) electrons. The molecular formula is C23H23NO5. The molecule has 6 nitrogen and oxygen atoms in total. The number of amides is 1. The van der Waals surface area contributed by atoms with Crippen LogP contribution in [0.15, 0.2) is 40.8 Å². The van der Waals surface area contributed by atoms with Gasteiger partial charge in [0.05, 0.1) is 0 Å². The Labute approximate surface area is 168 Å². The van der Waals surface area contributed by atoms with Crippen LogP contribution in [-0.2, 0) is 24.2 Å². The van der Waals surface area contributed by atoms with E-state index in [1.807, 2.05) is 36.4 Å². The molecule has 0 spiro atoms. The van der Waals surface area contributed by atoms with Crippen LogP contribution in [0.1, 0.15) is 29.7 Å². The average molecular weight is 393 g/mol. The molecule has 1 N–H and O–H groups in total. The Morgan fingerprint density at radius 2 is 1.86 bits per heavy atom. The number of fused-ring (bicyclic) bond motifs is 4. The molecule has 1 aliphatic carbocycles. The lowest BCUT2D eigenvalue weighted by Gasteiger charge is -2.19. The van der Waals surface area contributed by atoms with E-state index in [1.54, 1.807) is 0 Å². The fraction of sp³-hybridized carbons (Fsp3) is 0.348. The van der Waals surface area contributed by atoms with E-state index < -0.39 is 0 Å². The van der Waals surface area contributed by atoms with Gasteiger partial charge >= 0.3 is 0 Å². The molecule has 150 valence electrons. The third-order valence-electron chi connectivity index (χ3n) is 5.39. The van der Waals surface area contributed by atoms with Crippen LogP contribution in [0.25, 0.3) is 11.0 Å². The Hall–Kier alpha value is -3.15. The Kier molecular flexibility index (Phi) is 4.76. The molecule has 1 aliphatic heterocycles. The van der Waals surface area contributed by atoms with Gasteiger partial charge in [-0.3, -0.25) is 4.79 Å². The number of benzene rings is 2. The highest BCUT2D eigenvalue weighted by molar-refractivity contribution is 5.84. The molecule has 2 aromatic carbocycles. The Bertz CT molecular complexity index is 1050. The highest BCUT2D eigenvalue weighted by Gasteiger charge is 2.18. The lowest BCUT2D eigenvalue weighted by atomic mass is 9.96. The van der Waals surface area contributed by atoms with Crippen molar-refractivity contribution in [1.29, 1.82) is 0 Å². The van der Waals surface area contributed by atoms with Crippen molar-refractivity contribution < 1.29 is 23.4 Å². The number of furan rings is 1. The van der Waals surface area contributed by atoms with Crippen LogP contribution in [0, 0.1) is 0 Å². The number of aryl methyl sites for hydroxylation is 2. The van der Waals surface area contributed by atoms with Crippen LogP contribution in [0.3, 0.4) is 0 Å². The van der Waals surface area contributed by atoms with Gasteiger partial charge in [0.2, 0.25) is 0 Å². The molecule has 0 unspecified atom stereocenters. The summed E-state index contributed by atoms with van der Waals surface area (Å²) in [6.45, 7) is 1.48.